The zero-order valence-electron chi connectivity index (χ0n) is 16.4. The quantitative estimate of drug-likeness (QED) is 0.402. The molecule has 6 heteroatoms. The third-order valence-corrected chi connectivity index (χ3v) is 4.82. The van der Waals surface area contributed by atoms with Gasteiger partial charge in [-0.3, -0.25) is 4.57 Å². The molecule has 3 N–H and O–H groups in total. The topological polar surface area (TPSA) is 83.3 Å². The number of nitrogens with zero attached hydrogens (tertiary/aromatic N) is 4. The smallest absolute Gasteiger partial charge is 0.132 e. The summed E-state index contributed by atoms with van der Waals surface area (Å²) in [6.07, 6.45) is 3.10. The van der Waals surface area contributed by atoms with Crippen molar-refractivity contribution >= 4 is 34.5 Å². The molecule has 0 aliphatic heterocycles. The number of aliphatic imine (C=N–C) groups is 1. The zero-order valence-corrected chi connectivity index (χ0v) is 16.4. The maximum Gasteiger partial charge on any atom is 0.132 e. The highest BCUT2D eigenvalue weighted by Crippen LogP contribution is 2.24. The fourth-order valence-electron chi connectivity index (χ4n) is 3.24. The Morgan fingerprint density at radius 1 is 1.07 bits per heavy atom. The van der Waals surface area contributed by atoms with Crippen LogP contribution in [-0.4, -0.2) is 35.7 Å². The van der Waals surface area contributed by atoms with Crippen molar-refractivity contribution in [3.05, 3.63) is 84.2 Å². The molecule has 0 unspecified atom stereocenters. The Morgan fingerprint density at radius 3 is 2.55 bits per heavy atom. The number of benzene rings is 3. The average molecular weight is 382 g/mol. The summed E-state index contributed by atoms with van der Waals surface area (Å²) in [5.41, 5.74) is 12.4. The summed E-state index contributed by atoms with van der Waals surface area (Å²) in [4.78, 5) is 11.1. The van der Waals surface area contributed by atoms with E-state index >= 15 is 0 Å². The molecule has 4 aromatic rings. The molecule has 1 heterocycles. The molecule has 0 aliphatic carbocycles. The van der Waals surface area contributed by atoms with E-state index in [1.165, 1.54) is 6.21 Å². The first-order valence-corrected chi connectivity index (χ1v) is 9.26. The van der Waals surface area contributed by atoms with Crippen molar-refractivity contribution in [1.82, 2.24) is 9.55 Å². The molecular formula is C23H22N6. The maximum atomic E-state index is 7.54. The average Bonchev–Trinajstić information content (AvgIpc) is 3.17. The predicted molar refractivity (Wildman–Crippen MR) is 120 cm³/mol. The third-order valence-electron chi connectivity index (χ3n) is 4.82. The van der Waals surface area contributed by atoms with Gasteiger partial charge in [0.1, 0.15) is 12.2 Å². The molecule has 4 rings (SSSR count). The number of hydrogen-bond acceptors (Lipinski definition) is 4. The first-order valence-electron chi connectivity index (χ1n) is 9.26. The Hall–Kier alpha value is -3.93. The Morgan fingerprint density at radius 2 is 1.83 bits per heavy atom. The number of nitrogens with one attached hydrogen (secondary N) is 1. The second-order valence-corrected chi connectivity index (χ2v) is 6.93. The molecule has 0 spiro atoms. The number of amidine groups is 1. The number of imidazole rings is 1. The van der Waals surface area contributed by atoms with Gasteiger partial charge in [-0.1, -0.05) is 24.3 Å². The van der Waals surface area contributed by atoms with Crippen LogP contribution in [0.5, 0.6) is 0 Å². The fourth-order valence-corrected chi connectivity index (χ4v) is 3.24. The highest BCUT2D eigenvalue weighted by atomic mass is 15.1. The van der Waals surface area contributed by atoms with E-state index in [-0.39, 0.29) is 0 Å². The molecule has 0 fully saturated rings. The SMILES string of the molecule is CN(C)c1ccc(-n2cnc3cc(N=C(N)c4ccccc4C=N)ccc32)cc1. The van der Waals surface area contributed by atoms with Crippen molar-refractivity contribution in [2.45, 2.75) is 0 Å². The van der Waals surface area contributed by atoms with Crippen LogP contribution in [0.25, 0.3) is 16.7 Å². The molecule has 0 radical (unpaired) electrons. The maximum absolute atomic E-state index is 7.54. The number of hydrogen-bond donors (Lipinski definition) is 2. The number of aromatic nitrogens is 2. The molecule has 0 atom stereocenters. The Bertz CT molecular complexity index is 1200. The van der Waals surface area contributed by atoms with E-state index in [4.69, 9.17) is 11.1 Å². The lowest BCUT2D eigenvalue weighted by Gasteiger charge is -2.13. The number of nitrogens with two attached hydrogens (primary N) is 1. The third kappa shape index (κ3) is 3.60. The predicted octanol–water partition coefficient (Wildman–Crippen LogP) is 4.13. The van der Waals surface area contributed by atoms with Gasteiger partial charge in [0.25, 0.3) is 0 Å². The molecule has 29 heavy (non-hydrogen) atoms. The highest BCUT2D eigenvalue weighted by molar-refractivity contribution is 6.05. The standard InChI is InChI=1S/C23H22N6/c1-28(2)18-8-10-19(11-9-18)29-15-26-21-13-17(7-12-22(21)29)27-23(25)20-6-4-3-5-16(20)14-24/h3-15,24H,1-2H3,(H2,25,27). The van der Waals surface area contributed by atoms with Crippen molar-refractivity contribution in [2.24, 2.45) is 10.7 Å². The largest absolute Gasteiger partial charge is 0.383 e. The molecule has 0 aliphatic rings. The van der Waals surface area contributed by atoms with Crippen LogP contribution < -0.4 is 10.6 Å². The van der Waals surface area contributed by atoms with Crippen molar-refractivity contribution in [3.8, 4) is 5.69 Å². The van der Waals surface area contributed by atoms with Crippen molar-refractivity contribution in [1.29, 1.82) is 5.41 Å². The van der Waals surface area contributed by atoms with Crippen LogP contribution in [0.2, 0.25) is 0 Å². The van der Waals surface area contributed by atoms with E-state index in [0.29, 0.717) is 5.84 Å². The molecule has 144 valence electrons. The first-order chi connectivity index (χ1) is 14.1. The van der Waals surface area contributed by atoms with E-state index in [0.717, 1.165) is 39.2 Å². The van der Waals surface area contributed by atoms with Gasteiger partial charge in [-0.25, -0.2) is 9.98 Å². The van der Waals surface area contributed by atoms with Crippen LogP contribution in [0.4, 0.5) is 11.4 Å². The minimum Gasteiger partial charge on any atom is -0.383 e. The second-order valence-electron chi connectivity index (χ2n) is 6.93. The van der Waals surface area contributed by atoms with Gasteiger partial charge in [0, 0.05) is 42.8 Å². The van der Waals surface area contributed by atoms with E-state index in [1.54, 1.807) is 0 Å². The second kappa shape index (κ2) is 7.59. The van der Waals surface area contributed by atoms with Gasteiger partial charge in [0.05, 0.1) is 16.7 Å². The minimum absolute atomic E-state index is 0.377. The molecule has 1 aromatic heterocycles. The summed E-state index contributed by atoms with van der Waals surface area (Å²) in [5, 5.41) is 7.54. The van der Waals surface area contributed by atoms with E-state index in [1.807, 2.05) is 62.9 Å². The molecule has 0 amide bonds. The summed E-state index contributed by atoms with van der Waals surface area (Å²) in [6, 6.07) is 21.6. The summed E-state index contributed by atoms with van der Waals surface area (Å²) >= 11 is 0. The number of anilines is 1. The normalized spacial score (nSPS) is 11.6. The van der Waals surface area contributed by atoms with Gasteiger partial charge in [0.15, 0.2) is 0 Å². The van der Waals surface area contributed by atoms with Gasteiger partial charge >= 0.3 is 0 Å². The minimum atomic E-state index is 0.377. The number of fused-ring (bicyclic) bond motifs is 1. The van der Waals surface area contributed by atoms with Gasteiger partial charge in [-0.05, 0) is 42.5 Å². The molecule has 0 bridgehead atoms. The molecule has 0 saturated carbocycles. The van der Waals surface area contributed by atoms with E-state index in [9.17, 15) is 0 Å². The van der Waals surface area contributed by atoms with Gasteiger partial charge < -0.3 is 16.0 Å². The van der Waals surface area contributed by atoms with Gasteiger partial charge in [-0.15, -0.1) is 0 Å². The van der Waals surface area contributed by atoms with Crippen LogP contribution in [0.3, 0.4) is 0 Å². The van der Waals surface area contributed by atoms with Crippen LogP contribution in [0, 0.1) is 5.41 Å². The molecule has 3 aromatic carbocycles. The lowest BCUT2D eigenvalue weighted by molar-refractivity contribution is 1.08. The molecular weight excluding hydrogens is 360 g/mol. The van der Waals surface area contributed by atoms with E-state index < -0.39 is 0 Å². The van der Waals surface area contributed by atoms with Crippen LogP contribution >= 0.6 is 0 Å². The lowest BCUT2D eigenvalue weighted by atomic mass is 10.1. The lowest BCUT2D eigenvalue weighted by Crippen LogP contribution is -2.15. The summed E-state index contributed by atoms with van der Waals surface area (Å²) in [5.74, 6) is 0.377. The first kappa shape index (κ1) is 18.4. The van der Waals surface area contributed by atoms with Crippen LogP contribution in [0.15, 0.2) is 78.0 Å². The van der Waals surface area contributed by atoms with E-state index in [2.05, 4.69) is 43.7 Å². The zero-order chi connectivity index (χ0) is 20.4. The van der Waals surface area contributed by atoms with Crippen LogP contribution in [-0.2, 0) is 0 Å². The van der Waals surface area contributed by atoms with Crippen molar-refractivity contribution in [2.75, 3.05) is 19.0 Å². The summed E-state index contributed by atoms with van der Waals surface area (Å²) in [6.45, 7) is 0. The Balaban J connectivity index is 1.68. The Labute approximate surface area is 169 Å². The summed E-state index contributed by atoms with van der Waals surface area (Å²) in [7, 11) is 4.05. The van der Waals surface area contributed by atoms with Crippen molar-refractivity contribution < 1.29 is 0 Å². The summed E-state index contributed by atoms with van der Waals surface area (Å²) < 4.78 is 2.05. The van der Waals surface area contributed by atoms with Crippen molar-refractivity contribution in [3.63, 3.8) is 0 Å². The van der Waals surface area contributed by atoms with Gasteiger partial charge in [-0.2, -0.15) is 0 Å². The fraction of sp³-hybridized carbons (Fsp3) is 0.0870. The number of rotatable bonds is 5. The highest BCUT2D eigenvalue weighted by Gasteiger charge is 2.08. The molecule has 0 saturated heterocycles. The Kier molecular flexibility index (Phi) is 4.83. The molecule has 6 nitrogen and oxygen atoms in total. The monoisotopic (exact) mass is 382 g/mol. The van der Waals surface area contributed by atoms with Gasteiger partial charge in [0.2, 0.25) is 0 Å². The van der Waals surface area contributed by atoms with Crippen LogP contribution in [0.1, 0.15) is 11.1 Å².